The fourth-order valence-corrected chi connectivity index (χ4v) is 3.32. The van der Waals surface area contributed by atoms with E-state index in [1.165, 1.54) is 0 Å². The Labute approximate surface area is 154 Å². The zero-order chi connectivity index (χ0) is 17.9. The van der Waals surface area contributed by atoms with Crippen molar-refractivity contribution in [1.29, 1.82) is 0 Å². The molecule has 0 aromatic carbocycles. The lowest BCUT2D eigenvalue weighted by Gasteiger charge is -2.23. The molecule has 0 radical (unpaired) electrons. The number of hydrogen-bond acceptors (Lipinski definition) is 6. The van der Waals surface area contributed by atoms with Gasteiger partial charge in [-0.3, -0.25) is 4.98 Å². The van der Waals surface area contributed by atoms with Crippen molar-refractivity contribution >= 4 is 30.6 Å². The van der Waals surface area contributed by atoms with Crippen LogP contribution in [0.25, 0.3) is 5.65 Å². The van der Waals surface area contributed by atoms with Crippen LogP contribution >= 0.6 is 0 Å². The standard InChI is InChI=1S/C18H24BN7/c1-24-6-3-7-25(9-8-24)17-10-16(21-12-14-4-2-5-20-11-14)26-18(23-17)15(19)13-22-26/h2,4-5,10-11,13,21H,3,6-9,12,19H2,1H3. The predicted octanol–water partition coefficient (Wildman–Crippen LogP) is 0.137. The molecule has 1 N–H and O–H groups in total. The number of fused-ring (bicyclic) bond motifs is 1. The number of nitrogens with one attached hydrogen (secondary N) is 1. The highest BCUT2D eigenvalue weighted by Crippen LogP contribution is 2.20. The number of nitrogens with zero attached hydrogens (tertiary/aromatic N) is 6. The summed E-state index contributed by atoms with van der Waals surface area (Å²) in [6, 6.07) is 6.13. The summed E-state index contributed by atoms with van der Waals surface area (Å²) in [5.74, 6) is 1.98. The second kappa shape index (κ2) is 7.33. The summed E-state index contributed by atoms with van der Waals surface area (Å²) < 4.78 is 1.89. The highest BCUT2D eigenvalue weighted by molar-refractivity contribution is 6.36. The van der Waals surface area contributed by atoms with E-state index in [1.807, 2.05) is 23.0 Å². The quantitative estimate of drug-likeness (QED) is 0.676. The van der Waals surface area contributed by atoms with E-state index in [9.17, 15) is 0 Å². The maximum atomic E-state index is 4.90. The molecule has 4 heterocycles. The molecule has 0 aliphatic carbocycles. The third-order valence-electron chi connectivity index (χ3n) is 4.87. The van der Waals surface area contributed by atoms with Gasteiger partial charge in [0.05, 0.1) is 0 Å². The first-order valence-electron chi connectivity index (χ1n) is 9.12. The minimum Gasteiger partial charge on any atom is -0.366 e. The minimum atomic E-state index is 0.702. The molecule has 3 aromatic heterocycles. The van der Waals surface area contributed by atoms with E-state index < -0.39 is 0 Å². The Balaban J connectivity index is 1.65. The predicted molar refractivity (Wildman–Crippen MR) is 107 cm³/mol. The Bertz CT molecular complexity index is 880. The Morgan fingerprint density at radius 3 is 2.96 bits per heavy atom. The van der Waals surface area contributed by atoms with Crippen molar-refractivity contribution in [3.05, 3.63) is 42.4 Å². The molecule has 134 valence electrons. The Kier molecular flexibility index (Phi) is 4.75. The van der Waals surface area contributed by atoms with Crippen LogP contribution in [0.5, 0.6) is 0 Å². The van der Waals surface area contributed by atoms with Crippen LogP contribution in [0.2, 0.25) is 0 Å². The Morgan fingerprint density at radius 2 is 2.12 bits per heavy atom. The summed E-state index contributed by atoms with van der Waals surface area (Å²) in [7, 11) is 4.24. The molecule has 8 heteroatoms. The summed E-state index contributed by atoms with van der Waals surface area (Å²) in [6.07, 6.45) is 6.70. The maximum Gasteiger partial charge on any atom is 0.153 e. The van der Waals surface area contributed by atoms with Crippen LogP contribution in [0.3, 0.4) is 0 Å². The Morgan fingerprint density at radius 1 is 1.19 bits per heavy atom. The molecule has 0 bridgehead atoms. The summed E-state index contributed by atoms with van der Waals surface area (Å²) in [6.45, 7) is 4.92. The van der Waals surface area contributed by atoms with Gasteiger partial charge in [0.1, 0.15) is 19.5 Å². The average Bonchev–Trinajstić information content (AvgIpc) is 2.90. The molecule has 26 heavy (non-hydrogen) atoms. The molecular formula is C18H24BN7. The molecule has 7 nitrogen and oxygen atoms in total. The fraction of sp³-hybridized carbons (Fsp3) is 0.389. The molecule has 0 amide bonds. The number of likely N-dealkylation sites (N-methyl/N-ethyl adjacent to an activating group) is 1. The molecule has 4 rings (SSSR count). The van der Waals surface area contributed by atoms with Crippen LogP contribution < -0.4 is 15.7 Å². The van der Waals surface area contributed by atoms with Gasteiger partial charge in [-0.1, -0.05) is 6.07 Å². The molecule has 1 aliphatic heterocycles. The number of anilines is 2. The van der Waals surface area contributed by atoms with Crippen LogP contribution in [-0.4, -0.2) is 65.6 Å². The van der Waals surface area contributed by atoms with E-state index in [0.717, 1.165) is 60.9 Å². The second-order valence-corrected chi connectivity index (χ2v) is 6.92. The average molecular weight is 349 g/mol. The van der Waals surface area contributed by atoms with E-state index in [0.29, 0.717) is 6.54 Å². The number of rotatable bonds is 4. The van der Waals surface area contributed by atoms with Crippen molar-refractivity contribution in [2.75, 3.05) is 43.4 Å². The van der Waals surface area contributed by atoms with Crippen LogP contribution in [0.4, 0.5) is 11.6 Å². The minimum absolute atomic E-state index is 0.702. The van der Waals surface area contributed by atoms with Crippen LogP contribution in [-0.2, 0) is 6.54 Å². The molecule has 3 aromatic rings. The van der Waals surface area contributed by atoms with Crippen molar-refractivity contribution in [3.8, 4) is 0 Å². The molecule has 0 spiro atoms. The van der Waals surface area contributed by atoms with Gasteiger partial charge in [-0.25, -0.2) is 4.98 Å². The van der Waals surface area contributed by atoms with Crippen molar-refractivity contribution in [2.24, 2.45) is 0 Å². The van der Waals surface area contributed by atoms with Crippen LogP contribution in [0.1, 0.15) is 12.0 Å². The molecule has 0 unspecified atom stereocenters. The van der Waals surface area contributed by atoms with Crippen molar-refractivity contribution < 1.29 is 0 Å². The van der Waals surface area contributed by atoms with E-state index in [4.69, 9.17) is 4.98 Å². The molecular weight excluding hydrogens is 325 g/mol. The second-order valence-electron chi connectivity index (χ2n) is 6.92. The lowest BCUT2D eigenvalue weighted by Crippen LogP contribution is -2.30. The van der Waals surface area contributed by atoms with Gasteiger partial charge in [0, 0.05) is 50.8 Å². The third kappa shape index (κ3) is 3.50. The van der Waals surface area contributed by atoms with Crippen molar-refractivity contribution in [3.63, 3.8) is 0 Å². The van der Waals surface area contributed by atoms with Gasteiger partial charge >= 0.3 is 0 Å². The van der Waals surface area contributed by atoms with Gasteiger partial charge in [-0.05, 0) is 37.1 Å². The number of hydrogen-bond donors (Lipinski definition) is 1. The van der Waals surface area contributed by atoms with Crippen molar-refractivity contribution in [2.45, 2.75) is 13.0 Å². The zero-order valence-corrected chi connectivity index (χ0v) is 15.4. The van der Waals surface area contributed by atoms with E-state index >= 15 is 0 Å². The van der Waals surface area contributed by atoms with Gasteiger partial charge in [-0.15, -0.1) is 0 Å². The molecule has 1 fully saturated rings. The first kappa shape index (κ1) is 16.8. The highest BCUT2D eigenvalue weighted by Gasteiger charge is 2.17. The van der Waals surface area contributed by atoms with E-state index in [2.05, 4.69) is 52.2 Å². The highest BCUT2D eigenvalue weighted by atomic mass is 15.3. The SMILES string of the molecule is Bc1cnn2c(NCc3cccnc3)cc(N3CCCN(C)CC3)nc12. The summed E-state index contributed by atoms with van der Waals surface area (Å²) in [4.78, 5) is 13.8. The third-order valence-corrected chi connectivity index (χ3v) is 4.87. The first-order chi connectivity index (χ1) is 12.7. The number of pyridine rings is 1. The molecule has 1 aliphatic rings. The van der Waals surface area contributed by atoms with Gasteiger partial charge in [-0.2, -0.15) is 9.61 Å². The van der Waals surface area contributed by atoms with Gasteiger partial charge < -0.3 is 15.1 Å². The summed E-state index contributed by atoms with van der Waals surface area (Å²) in [5.41, 5.74) is 3.14. The normalized spacial score (nSPS) is 16.0. The van der Waals surface area contributed by atoms with Crippen LogP contribution in [0.15, 0.2) is 36.8 Å². The fourth-order valence-electron chi connectivity index (χ4n) is 3.32. The summed E-state index contributed by atoms with van der Waals surface area (Å²) >= 11 is 0. The zero-order valence-electron chi connectivity index (χ0n) is 15.4. The van der Waals surface area contributed by atoms with Crippen LogP contribution in [0, 0.1) is 0 Å². The number of aromatic nitrogens is 4. The molecule has 0 saturated carbocycles. The topological polar surface area (TPSA) is 61.6 Å². The largest absolute Gasteiger partial charge is 0.366 e. The monoisotopic (exact) mass is 349 g/mol. The van der Waals surface area contributed by atoms with Gasteiger partial charge in [0.2, 0.25) is 0 Å². The van der Waals surface area contributed by atoms with E-state index in [1.54, 1.807) is 6.20 Å². The van der Waals surface area contributed by atoms with Crippen molar-refractivity contribution in [1.82, 2.24) is 24.5 Å². The Hall–Kier alpha value is -2.61. The lowest BCUT2D eigenvalue weighted by atomic mass is 10.0. The lowest BCUT2D eigenvalue weighted by molar-refractivity contribution is 0.360. The van der Waals surface area contributed by atoms with Gasteiger partial charge in [0.15, 0.2) is 5.65 Å². The molecule has 0 atom stereocenters. The molecule has 1 saturated heterocycles. The summed E-state index contributed by atoms with van der Waals surface area (Å²) in [5, 5.41) is 8.00. The van der Waals surface area contributed by atoms with Gasteiger partial charge in [0.25, 0.3) is 0 Å². The maximum absolute atomic E-state index is 4.90. The first-order valence-corrected chi connectivity index (χ1v) is 9.12. The smallest absolute Gasteiger partial charge is 0.153 e. The van der Waals surface area contributed by atoms with E-state index in [-0.39, 0.29) is 0 Å².